The van der Waals surface area contributed by atoms with Crippen molar-refractivity contribution in [2.45, 2.75) is 0 Å². The molecule has 0 atom stereocenters. The number of benzene rings is 2. The molecule has 3 aromatic rings. The van der Waals surface area contributed by atoms with Crippen molar-refractivity contribution in [3.63, 3.8) is 0 Å². The quantitative estimate of drug-likeness (QED) is 0.721. The molecule has 0 aliphatic carbocycles. The fourth-order valence-electron chi connectivity index (χ4n) is 2.47. The van der Waals surface area contributed by atoms with Crippen LogP contribution in [-0.2, 0) is 0 Å². The number of rotatable bonds is 3. The summed E-state index contributed by atoms with van der Waals surface area (Å²) in [6.45, 7) is 0. The molecule has 0 aliphatic heterocycles. The number of phenols is 2. The van der Waals surface area contributed by atoms with Gasteiger partial charge in [0.2, 0.25) is 0 Å². The molecule has 1 aromatic heterocycles. The van der Waals surface area contributed by atoms with E-state index in [2.05, 4.69) is 4.98 Å². The molecule has 0 unspecified atom stereocenters. The molecular weight excluding hydrogens is 288 g/mol. The fraction of sp³-hybridized carbons (Fsp3) is 0.105. The minimum absolute atomic E-state index is 0.0587. The first kappa shape index (κ1) is 14.9. The normalized spacial score (nSPS) is 11.2. The van der Waals surface area contributed by atoms with Crippen LogP contribution in [0.3, 0.4) is 0 Å². The van der Waals surface area contributed by atoms with Gasteiger partial charge in [-0.1, -0.05) is 24.3 Å². The van der Waals surface area contributed by atoms with Gasteiger partial charge in [-0.2, -0.15) is 0 Å². The summed E-state index contributed by atoms with van der Waals surface area (Å²) in [5.74, 6) is 0.164. The lowest BCUT2D eigenvalue weighted by Gasteiger charge is -2.11. The van der Waals surface area contributed by atoms with Crippen LogP contribution in [-0.4, -0.2) is 29.3 Å². The second-order valence-corrected chi connectivity index (χ2v) is 5.55. The van der Waals surface area contributed by atoms with Crippen LogP contribution in [0, 0.1) is 0 Å². The van der Waals surface area contributed by atoms with Crippen molar-refractivity contribution in [2.24, 2.45) is 0 Å². The topological polar surface area (TPSA) is 56.6 Å². The first-order valence-electron chi connectivity index (χ1n) is 7.31. The van der Waals surface area contributed by atoms with Crippen molar-refractivity contribution in [3.8, 4) is 11.5 Å². The van der Waals surface area contributed by atoms with Crippen molar-refractivity contribution in [3.05, 3.63) is 59.8 Å². The van der Waals surface area contributed by atoms with Gasteiger partial charge in [0.05, 0.1) is 5.39 Å². The lowest BCUT2D eigenvalue weighted by Crippen LogP contribution is -2.07. The lowest BCUT2D eigenvalue weighted by molar-refractivity contribution is 0.468. The summed E-state index contributed by atoms with van der Waals surface area (Å²) in [7, 11) is 4.01. The molecule has 2 N–H and O–H groups in total. The molecule has 0 aliphatic rings. The highest BCUT2D eigenvalue weighted by molar-refractivity contribution is 5.97. The van der Waals surface area contributed by atoms with Crippen LogP contribution in [0.25, 0.3) is 23.1 Å². The zero-order valence-electron chi connectivity index (χ0n) is 13.1. The summed E-state index contributed by atoms with van der Waals surface area (Å²) < 4.78 is 0. The maximum atomic E-state index is 10.1. The van der Waals surface area contributed by atoms with Crippen LogP contribution in [0.1, 0.15) is 11.1 Å². The Kier molecular flexibility index (Phi) is 3.89. The zero-order chi connectivity index (χ0) is 16.4. The summed E-state index contributed by atoms with van der Waals surface area (Å²) in [6.07, 6.45) is 5.50. The largest absolute Gasteiger partial charge is 0.507 e. The Morgan fingerprint density at radius 2 is 1.57 bits per heavy atom. The molecule has 0 spiro atoms. The van der Waals surface area contributed by atoms with Crippen molar-refractivity contribution >= 4 is 28.7 Å². The number of pyridine rings is 1. The summed E-state index contributed by atoms with van der Waals surface area (Å²) in [4.78, 5) is 6.19. The predicted octanol–water partition coefficient (Wildman–Crippen LogP) is 3.88. The van der Waals surface area contributed by atoms with E-state index in [-0.39, 0.29) is 11.5 Å². The van der Waals surface area contributed by atoms with Crippen LogP contribution >= 0.6 is 0 Å². The molecule has 0 saturated heterocycles. The zero-order valence-corrected chi connectivity index (χ0v) is 13.1. The van der Waals surface area contributed by atoms with Crippen molar-refractivity contribution in [2.75, 3.05) is 19.0 Å². The number of fused-ring (bicyclic) bond motifs is 1. The number of anilines is 1. The Labute approximate surface area is 135 Å². The second-order valence-electron chi connectivity index (χ2n) is 5.55. The molecule has 0 saturated carbocycles. The molecule has 1 heterocycles. The van der Waals surface area contributed by atoms with Gasteiger partial charge < -0.3 is 15.1 Å². The number of hydrogen-bond acceptors (Lipinski definition) is 4. The van der Waals surface area contributed by atoms with Gasteiger partial charge in [0.25, 0.3) is 0 Å². The van der Waals surface area contributed by atoms with E-state index in [0.717, 1.165) is 16.8 Å². The molecule has 116 valence electrons. The molecule has 2 aromatic carbocycles. The molecule has 0 radical (unpaired) electrons. The van der Waals surface area contributed by atoms with E-state index in [0.29, 0.717) is 10.9 Å². The van der Waals surface area contributed by atoms with Gasteiger partial charge in [-0.25, -0.2) is 0 Å². The van der Waals surface area contributed by atoms with Crippen molar-refractivity contribution < 1.29 is 10.2 Å². The Morgan fingerprint density at radius 3 is 2.26 bits per heavy atom. The third-order valence-corrected chi connectivity index (χ3v) is 3.75. The highest BCUT2D eigenvalue weighted by Crippen LogP contribution is 2.33. The monoisotopic (exact) mass is 306 g/mol. The van der Waals surface area contributed by atoms with E-state index < -0.39 is 0 Å². The molecular formula is C19H18N2O2. The number of aromatic nitrogens is 1. The molecule has 3 rings (SSSR count). The van der Waals surface area contributed by atoms with Crippen LogP contribution in [0.4, 0.5) is 5.69 Å². The third-order valence-electron chi connectivity index (χ3n) is 3.75. The smallest absolute Gasteiger partial charge is 0.142 e. The van der Waals surface area contributed by atoms with Gasteiger partial charge >= 0.3 is 0 Å². The minimum atomic E-state index is 0.0587. The van der Waals surface area contributed by atoms with Crippen LogP contribution < -0.4 is 4.90 Å². The SMILES string of the molecule is CN(C)c1ccc(/C=C/c2ccnc3c(O)ccc(O)c23)cc1. The summed E-state index contributed by atoms with van der Waals surface area (Å²) in [5.41, 5.74) is 3.40. The maximum Gasteiger partial charge on any atom is 0.142 e. The van der Waals surface area contributed by atoms with Crippen LogP contribution in [0.15, 0.2) is 48.7 Å². The van der Waals surface area contributed by atoms with Crippen LogP contribution in [0.5, 0.6) is 11.5 Å². The molecule has 0 bridgehead atoms. The van der Waals surface area contributed by atoms with E-state index in [1.807, 2.05) is 61.5 Å². The molecule has 4 heteroatoms. The van der Waals surface area contributed by atoms with E-state index in [1.165, 1.54) is 12.1 Å². The van der Waals surface area contributed by atoms with Gasteiger partial charge in [0.15, 0.2) is 0 Å². The van der Waals surface area contributed by atoms with Gasteiger partial charge in [-0.05, 0) is 41.5 Å². The van der Waals surface area contributed by atoms with E-state index in [9.17, 15) is 10.2 Å². The fourth-order valence-corrected chi connectivity index (χ4v) is 2.47. The Morgan fingerprint density at radius 1 is 0.870 bits per heavy atom. The van der Waals surface area contributed by atoms with Crippen molar-refractivity contribution in [1.29, 1.82) is 0 Å². The second kappa shape index (κ2) is 6.01. The highest BCUT2D eigenvalue weighted by atomic mass is 16.3. The summed E-state index contributed by atoms with van der Waals surface area (Å²) >= 11 is 0. The first-order valence-corrected chi connectivity index (χ1v) is 7.31. The number of phenolic OH excluding ortho intramolecular Hbond substituents is 2. The predicted molar refractivity (Wildman–Crippen MR) is 94.8 cm³/mol. The average Bonchev–Trinajstić information content (AvgIpc) is 2.56. The molecule has 0 amide bonds. The number of nitrogens with zero attached hydrogens (tertiary/aromatic N) is 2. The molecule has 0 fully saturated rings. The van der Waals surface area contributed by atoms with Crippen molar-refractivity contribution in [1.82, 2.24) is 4.98 Å². The Balaban J connectivity index is 1.99. The summed E-state index contributed by atoms with van der Waals surface area (Å²) in [5, 5.41) is 20.5. The summed E-state index contributed by atoms with van der Waals surface area (Å²) in [6, 6.07) is 12.9. The first-order chi connectivity index (χ1) is 11.1. The third kappa shape index (κ3) is 2.97. The van der Waals surface area contributed by atoms with Gasteiger partial charge in [-0.15, -0.1) is 0 Å². The van der Waals surface area contributed by atoms with Gasteiger partial charge in [0, 0.05) is 26.0 Å². The van der Waals surface area contributed by atoms with Gasteiger partial charge in [-0.3, -0.25) is 4.98 Å². The van der Waals surface area contributed by atoms with Crippen LogP contribution in [0.2, 0.25) is 0 Å². The highest BCUT2D eigenvalue weighted by Gasteiger charge is 2.08. The van der Waals surface area contributed by atoms with E-state index in [4.69, 9.17) is 0 Å². The minimum Gasteiger partial charge on any atom is -0.507 e. The van der Waals surface area contributed by atoms with Gasteiger partial charge in [0.1, 0.15) is 17.0 Å². The number of aromatic hydroxyl groups is 2. The molecule has 23 heavy (non-hydrogen) atoms. The lowest BCUT2D eigenvalue weighted by atomic mass is 10.1. The van der Waals surface area contributed by atoms with E-state index >= 15 is 0 Å². The average molecular weight is 306 g/mol. The standard InChI is InChI=1S/C19H18N2O2/c1-21(2)15-7-4-13(5-8-15)3-6-14-11-12-20-19-17(23)10-9-16(22)18(14)19/h3-12,22-23H,1-2H3/b6-3+. The Bertz CT molecular complexity index is 868. The Hall–Kier alpha value is -3.01. The van der Waals surface area contributed by atoms with E-state index in [1.54, 1.807) is 6.20 Å². The molecule has 4 nitrogen and oxygen atoms in total. The number of hydrogen-bond donors (Lipinski definition) is 2. The maximum absolute atomic E-state index is 10.1.